The molecule has 0 spiro atoms. The molecule has 5 rings (SSSR count). The monoisotopic (exact) mass is 390 g/mol. The molecule has 0 atom stereocenters. The number of benzene rings is 4. The Morgan fingerprint density at radius 3 is 1.87 bits per heavy atom. The van der Waals surface area contributed by atoms with Crippen molar-refractivity contribution < 1.29 is 10.2 Å². The fourth-order valence-corrected chi connectivity index (χ4v) is 4.87. The summed E-state index contributed by atoms with van der Waals surface area (Å²) in [7, 11) is 0. The molecular formula is C28H22O2. The molecule has 1 aliphatic carbocycles. The van der Waals surface area contributed by atoms with Gasteiger partial charge < -0.3 is 10.2 Å². The maximum atomic E-state index is 10.4. The van der Waals surface area contributed by atoms with Crippen LogP contribution in [0.5, 0.6) is 11.5 Å². The fourth-order valence-electron chi connectivity index (χ4n) is 4.87. The number of phenols is 2. The third-order valence-electron chi connectivity index (χ3n) is 6.13. The minimum atomic E-state index is -0.537. The highest BCUT2D eigenvalue weighted by Crippen LogP contribution is 2.56. The molecule has 1 aliphatic rings. The Hall–Kier alpha value is -3.78. The summed E-state index contributed by atoms with van der Waals surface area (Å²) < 4.78 is 0. The van der Waals surface area contributed by atoms with Gasteiger partial charge in [0, 0.05) is 0 Å². The summed E-state index contributed by atoms with van der Waals surface area (Å²) in [4.78, 5) is 0. The second-order valence-corrected chi connectivity index (χ2v) is 7.72. The number of hydrogen-bond donors (Lipinski definition) is 2. The predicted molar refractivity (Wildman–Crippen MR) is 121 cm³/mol. The predicted octanol–water partition coefficient (Wildman–Crippen LogP) is 6.19. The molecular weight excluding hydrogens is 368 g/mol. The first-order valence-electron chi connectivity index (χ1n) is 10.1. The van der Waals surface area contributed by atoms with Crippen LogP contribution in [0.2, 0.25) is 0 Å². The van der Waals surface area contributed by atoms with Crippen molar-refractivity contribution >= 4 is 0 Å². The van der Waals surface area contributed by atoms with Crippen molar-refractivity contribution in [2.75, 3.05) is 0 Å². The van der Waals surface area contributed by atoms with Gasteiger partial charge in [0.25, 0.3) is 0 Å². The minimum absolute atomic E-state index is 0.242. The second-order valence-electron chi connectivity index (χ2n) is 7.72. The molecule has 2 nitrogen and oxygen atoms in total. The maximum absolute atomic E-state index is 10.4. The zero-order valence-electron chi connectivity index (χ0n) is 16.5. The van der Waals surface area contributed by atoms with Crippen LogP contribution in [0.4, 0.5) is 0 Å². The third-order valence-corrected chi connectivity index (χ3v) is 6.13. The van der Waals surface area contributed by atoms with E-state index in [2.05, 4.69) is 61.2 Å². The van der Waals surface area contributed by atoms with Crippen LogP contribution in [0.3, 0.4) is 0 Å². The summed E-state index contributed by atoms with van der Waals surface area (Å²) in [5, 5.41) is 20.4. The van der Waals surface area contributed by atoms with Crippen LogP contribution in [0, 0.1) is 0 Å². The molecule has 0 bridgehead atoms. The Morgan fingerprint density at radius 2 is 1.27 bits per heavy atom. The second kappa shape index (κ2) is 6.93. The molecule has 0 unspecified atom stereocenters. The van der Waals surface area contributed by atoms with Crippen LogP contribution < -0.4 is 0 Å². The Balaban J connectivity index is 1.92. The van der Waals surface area contributed by atoms with Gasteiger partial charge in [-0.15, -0.1) is 6.58 Å². The first-order chi connectivity index (χ1) is 14.7. The molecule has 0 saturated heterocycles. The van der Waals surface area contributed by atoms with Crippen molar-refractivity contribution in [2.45, 2.75) is 11.8 Å². The summed E-state index contributed by atoms with van der Waals surface area (Å²) >= 11 is 0. The number of fused-ring (bicyclic) bond motifs is 3. The summed E-state index contributed by atoms with van der Waals surface area (Å²) in [5.74, 6) is 0.519. The summed E-state index contributed by atoms with van der Waals surface area (Å²) in [5.41, 5.74) is 7.29. The maximum Gasteiger partial charge on any atom is 0.119 e. The number of hydrogen-bond acceptors (Lipinski definition) is 2. The number of aromatic hydroxyl groups is 2. The van der Waals surface area contributed by atoms with Crippen LogP contribution in [-0.2, 0) is 11.8 Å². The lowest BCUT2D eigenvalue weighted by Crippen LogP contribution is -2.28. The first-order valence-corrected chi connectivity index (χ1v) is 10.1. The Labute approximate surface area is 176 Å². The summed E-state index contributed by atoms with van der Waals surface area (Å²) in [6.45, 7) is 3.84. The van der Waals surface area contributed by atoms with Crippen LogP contribution in [0.25, 0.3) is 11.1 Å². The fraction of sp³-hybridized carbons (Fsp3) is 0.0714. The van der Waals surface area contributed by atoms with Gasteiger partial charge in [-0.05, 0) is 63.6 Å². The highest BCUT2D eigenvalue weighted by Gasteiger charge is 2.46. The van der Waals surface area contributed by atoms with E-state index in [1.54, 1.807) is 18.2 Å². The Bertz CT molecular complexity index is 1210. The SMILES string of the molecule is C=CCc1cc(C2(c3ccc(O)cc3)c3ccccc3-c3ccccc32)ccc1O. The average Bonchev–Trinajstić information content (AvgIpc) is 3.08. The van der Waals surface area contributed by atoms with E-state index in [-0.39, 0.29) is 11.5 Å². The molecule has 4 aromatic rings. The van der Waals surface area contributed by atoms with Gasteiger partial charge in [0.05, 0.1) is 5.41 Å². The van der Waals surface area contributed by atoms with Crippen molar-refractivity contribution in [3.8, 4) is 22.6 Å². The van der Waals surface area contributed by atoms with Gasteiger partial charge in [0.1, 0.15) is 11.5 Å². The van der Waals surface area contributed by atoms with E-state index in [1.807, 2.05) is 24.3 Å². The molecule has 0 aliphatic heterocycles. The third kappa shape index (κ3) is 2.50. The molecule has 0 saturated carbocycles. The molecule has 0 aromatic heterocycles. The normalized spacial score (nSPS) is 13.5. The van der Waals surface area contributed by atoms with Crippen molar-refractivity contribution in [2.24, 2.45) is 0 Å². The molecule has 0 fully saturated rings. The van der Waals surface area contributed by atoms with Gasteiger partial charge in [-0.1, -0.05) is 78.9 Å². The summed E-state index contributed by atoms with van der Waals surface area (Å²) in [6, 6.07) is 30.3. The van der Waals surface area contributed by atoms with E-state index in [9.17, 15) is 10.2 Å². The van der Waals surface area contributed by atoms with Gasteiger partial charge in [-0.25, -0.2) is 0 Å². The van der Waals surface area contributed by atoms with Gasteiger partial charge >= 0.3 is 0 Å². The molecule has 2 heteroatoms. The average molecular weight is 390 g/mol. The molecule has 2 N–H and O–H groups in total. The van der Waals surface area contributed by atoms with Crippen molar-refractivity contribution in [1.82, 2.24) is 0 Å². The van der Waals surface area contributed by atoms with Crippen LogP contribution >= 0.6 is 0 Å². The van der Waals surface area contributed by atoms with Gasteiger partial charge in [-0.3, -0.25) is 0 Å². The van der Waals surface area contributed by atoms with E-state index in [1.165, 1.54) is 22.3 Å². The first kappa shape index (κ1) is 18.3. The topological polar surface area (TPSA) is 40.5 Å². The molecule has 146 valence electrons. The Kier molecular flexibility index (Phi) is 4.22. The highest BCUT2D eigenvalue weighted by atomic mass is 16.3. The van der Waals surface area contributed by atoms with E-state index >= 15 is 0 Å². The number of allylic oxidation sites excluding steroid dienone is 1. The van der Waals surface area contributed by atoms with Gasteiger partial charge in [-0.2, -0.15) is 0 Å². The van der Waals surface area contributed by atoms with Crippen molar-refractivity contribution in [3.63, 3.8) is 0 Å². The van der Waals surface area contributed by atoms with E-state index in [0.29, 0.717) is 6.42 Å². The van der Waals surface area contributed by atoms with Crippen LogP contribution in [-0.4, -0.2) is 10.2 Å². The van der Waals surface area contributed by atoms with Gasteiger partial charge in [0.2, 0.25) is 0 Å². The minimum Gasteiger partial charge on any atom is -0.508 e. The molecule has 30 heavy (non-hydrogen) atoms. The van der Waals surface area contributed by atoms with Crippen molar-refractivity contribution in [3.05, 3.63) is 131 Å². The van der Waals surface area contributed by atoms with Crippen molar-refractivity contribution in [1.29, 1.82) is 0 Å². The lowest BCUT2D eigenvalue weighted by atomic mass is 9.67. The van der Waals surface area contributed by atoms with E-state index < -0.39 is 5.41 Å². The molecule has 0 radical (unpaired) electrons. The Morgan fingerprint density at radius 1 is 0.700 bits per heavy atom. The molecule has 0 heterocycles. The van der Waals surface area contributed by atoms with Crippen LogP contribution in [0.15, 0.2) is 104 Å². The number of phenolic OH excluding ortho intramolecular Hbond substituents is 2. The zero-order valence-corrected chi connectivity index (χ0v) is 16.5. The lowest BCUT2D eigenvalue weighted by Gasteiger charge is -2.34. The summed E-state index contributed by atoms with van der Waals surface area (Å²) in [6.07, 6.45) is 2.40. The standard InChI is InChI=1S/C28H22O2/c1-2-7-19-18-21(14-17-27(19)30)28(20-12-15-22(29)16-13-20)25-10-5-3-8-23(25)24-9-4-6-11-26(24)28/h2-6,8-18,29-30H,1,7H2. The van der Waals surface area contributed by atoms with Crippen LogP contribution in [0.1, 0.15) is 27.8 Å². The quantitative estimate of drug-likeness (QED) is 0.359. The molecule has 0 amide bonds. The smallest absolute Gasteiger partial charge is 0.119 e. The van der Waals surface area contributed by atoms with E-state index in [4.69, 9.17) is 0 Å². The lowest BCUT2D eigenvalue weighted by molar-refractivity contribution is 0.469. The number of rotatable bonds is 4. The van der Waals surface area contributed by atoms with E-state index in [0.717, 1.165) is 16.7 Å². The zero-order chi connectivity index (χ0) is 20.7. The highest BCUT2D eigenvalue weighted by molar-refractivity contribution is 5.86. The molecule has 4 aromatic carbocycles. The largest absolute Gasteiger partial charge is 0.508 e. The van der Waals surface area contributed by atoms with Gasteiger partial charge in [0.15, 0.2) is 0 Å².